The molecule has 1 N–H and O–H groups in total. The normalized spacial score (nSPS) is 22.8. The number of benzene rings is 1. The second-order valence-electron chi connectivity index (χ2n) is 5.34. The van der Waals surface area contributed by atoms with E-state index in [0.29, 0.717) is 43.2 Å². The summed E-state index contributed by atoms with van der Waals surface area (Å²) < 4.78 is 33.6. The first kappa shape index (κ1) is 14.2. The maximum atomic E-state index is 12.1. The van der Waals surface area contributed by atoms with Crippen LogP contribution in [0.25, 0.3) is 0 Å². The quantitative estimate of drug-likeness (QED) is 0.885. The summed E-state index contributed by atoms with van der Waals surface area (Å²) in [7, 11) is -2.91. The summed E-state index contributed by atoms with van der Waals surface area (Å²) in [4.78, 5) is 12.1. The van der Waals surface area contributed by atoms with Gasteiger partial charge in [-0.25, -0.2) is 8.42 Å². The molecule has 3 rings (SSSR count). The summed E-state index contributed by atoms with van der Waals surface area (Å²) >= 11 is 0. The average molecular weight is 311 g/mol. The smallest absolute Gasteiger partial charge is 0.251 e. The number of hydrogen-bond acceptors (Lipinski definition) is 5. The maximum Gasteiger partial charge on any atom is 0.251 e. The van der Waals surface area contributed by atoms with Gasteiger partial charge in [-0.05, 0) is 30.5 Å². The standard InChI is InChI=1S/C14H17NO5S/c16-14(15-8-10-3-6-21(17,18)9-10)11-1-2-12-13(7-11)20-5-4-19-12/h1-2,7,10H,3-6,8-9H2,(H,15,16)/t10-/m1/s1. The monoisotopic (exact) mass is 311 g/mol. The zero-order valence-corrected chi connectivity index (χ0v) is 12.3. The predicted molar refractivity (Wildman–Crippen MR) is 76.5 cm³/mol. The molecule has 2 aliphatic rings. The molecule has 1 fully saturated rings. The van der Waals surface area contributed by atoms with Crippen LogP contribution in [0.15, 0.2) is 18.2 Å². The molecule has 1 amide bonds. The molecule has 1 atom stereocenters. The Hall–Kier alpha value is -1.76. The predicted octanol–water partition coefficient (Wildman–Crippen LogP) is 0.622. The molecule has 2 aliphatic heterocycles. The minimum Gasteiger partial charge on any atom is -0.486 e. The van der Waals surface area contributed by atoms with Crippen molar-refractivity contribution in [2.45, 2.75) is 6.42 Å². The molecule has 21 heavy (non-hydrogen) atoms. The van der Waals surface area contributed by atoms with Crippen LogP contribution in [0.4, 0.5) is 0 Å². The van der Waals surface area contributed by atoms with E-state index in [-0.39, 0.29) is 23.3 Å². The van der Waals surface area contributed by atoms with E-state index in [0.717, 1.165) is 0 Å². The van der Waals surface area contributed by atoms with E-state index in [1.807, 2.05) is 0 Å². The maximum absolute atomic E-state index is 12.1. The molecular weight excluding hydrogens is 294 g/mol. The number of nitrogens with one attached hydrogen (secondary N) is 1. The molecule has 0 unspecified atom stereocenters. The number of carbonyl (C=O) groups is 1. The fourth-order valence-corrected chi connectivity index (χ4v) is 4.42. The van der Waals surface area contributed by atoms with E-state index in [1.54, 1.807) is 18.2 Å². The van der Waals surface area contributed by atoms with Crippen LogP contribution in [0, 0.1) is 5.92 Å². The number of hydrogen-bond donors (Lipinski definition) is 1. The van der Waals surface area contributed by atoms with Gasteiger partial charge in [0, 0.05) is 12.1 Å². The number of amides is 1. The van der Waals surface area contributed by atoms with Crippen LogP contribution >= 0.6 is 0 Å². The Labute approximate surface area is 123 Å². The third-order valence-electron chi connectivity index (χ3n) is 3.68. The van der Waals surface area contributed by atoms with Crippen LogP contribution in [0.1, 0.15) is 16.8 Å². The molecule has 1 aromatic carbocycles. The highest BCUT2D eigenvalue weighted by Crippen LogP contribution is 2.30. The molecular formula is C14H17NO5S. The lowest BCUT2D eigenvalue weighted by atomic mass is 10.1. The van der Waals surface area contributed by atoms with E-state index in [9.17, 15) is 13.2 Å². The molecule has 0 aliphatic carbocycles. The van der Waals surface area contributed by atoms with Crippen molar-refractivity contribution >= 4 is 15.7 Å². The van der Waals surface area contributed by atoms with E-state index in [4.69, 9.17) is 9.47 Å². The lowest BCUT2D eigenvalue weighted by molar-refractivity contribution is 0.0947. The fraction of sp³-hybridized carbons (Fsp3) is 0.500. The molecule has 0 saturated carbocycles. The third kappa shape index (κ3) is 3.29. The van der Waals surface area contributed by atoms with Gasteiger partial charge < -0.3 is 14.8 Å². The van der Waals surface area contributed by atoms with Crippen molar-refractivity contribution in [2.24, 2.45) is 5.92 Å². The van der Waals surface area contributed by atoms with Gasteiger partial charge in [-0.2, -0.15) is 0 Å². The van der Waals surface area contributed by atoms with Crippen LogP contribution in [-0.4, -0.2) is 45.6 Å². The molecule has 1 aromatic rings. The number of rotatable bonds is 3. The zero-order chi connectivity index (χ0) is 14.9. The average Bonchev–Trinajstić information content (AvgIpc) is 2.83. The zero-order valence-electron chi connectivity index (χ0n) is 11.5. The van der Waals surface area contributed by atoms with Crippen LogP contribution in [0.5, 0.6) is 11.5 Å². The Kier molecular flexibility index (Phi) is 3.75. The first-order valence-corrected chi connectivity index (χ1v) is 8.74. The lowest BCUT2D eigenvalue weighted by Crippen LogP contribution is -2.30. The van der Waals surface area contributed by atoms with Crippen molar-refractivity contribution in [1.82, 2.24) is 5.32 Å². The van der Waals surface area contributed by atoms with E-state index in [1.165, 1.54) is 0 Å². The Bertz CT molecular complexity index is 655. The first-order chi connectivity index (χ1) is 10.0. The van der Waals surface area contributed by atoms with Crippen molar-refractivity contribution in [3.63, 3.8) is 0 Å². The molecule has 0 spiro atoms. The first-order valence-electron chi connectivity index (χ1n) is 6.92. The van der Waals surface area contributed by atoms with Crippen molar-refractivity contribution in [1.29, 1.82) is 0 Å². The molecule has 1 saturated heterocycles. The minimum atomic E-state index is -2.91. The number of sulfone groups is 1. The Morgan fingerprint density at radius 1 is 1.24 bits per heavy atom. The van der Waals surface area contributed by atoms with Gasteiger partial charge in [0.05, 0.1) is 11.5 Å². The summed E-state index contributed by atoms with van der Waals surface area (Å²) in [5.41, 5.74) is 0.486. The van der Waals surface area contributed by atoms with E-state index >= 15 is 0 Å². The number of fused-ring (bicyclic) bond motifs is 1. The van der Waals surface area contributed by atoms with Crippen molar-refractivity contribution in [3.8, 4) is 11.5 Å². The van der Waals surface area contributed by atoms with Gasteiger partial charge in [-0.3, -0.25) is 4.79 Å². The summed E-state index contributed by atoms with van der Waals surface area (Å²) in [5.74, 6) is 1.37. The Morgan fingerprint density at radius 3 is 2.71 bits per heavy atom. The van der Waals surface area contributed by atoms with Crippen LogP contribution in [-0.2, 0) is 9.84 Å². The van der Waals surface area contributed by atoms with Crippen LogP contribution < -0.4 is 14.8 Å². The Balaban J connectivity index is 1.61. The van der Waals surface area contributed by atoms with E-state index in [2.05, 4.69) is 5.32 Å². The fourth-order valence-electron chi connectivity index (χ4n) is 2.56. The highest BCUT2D eigenvalue weighted by Gasteiger charge is 2.28. The molecule has 0 aromatic heterocycles. The van der Waals surface area contributed by atoms with Gasteiger partial charge in [0.1, 0.15) is 13.2 Å². The molecule has 7 heteroatoms. The van der Waals surface area contributed by atoms with Gasteiger partial charge in [0.15, 0.2) is 21.3 Å². The topological polar surface area (TPSA) is 81.7 Å². The summed E-state index contributed by atoms with van der Waals surface area (Å²) in [6.07, 6.45) is 0.615. The van der Waals surface area contributed by atoms with Crippen molar-refractivity contribution in [2.75, 3.05) is 31.3 Å². The van der Waals surface area contributed by atoms with Crippen LogP contribution in [0.2, 0.25) is 0 Å². The summed E-state index contributed by atoms with van der Waals surface area (Å²) in [5, 5.41) is 2.79. The molecule has 6 nitrogen and oxygen atoms in total. The number of ether oxygens (including phenoxy) is 2. The summed E-state index contributed by atoms with van der Waals surface area (Å²) in [6, 6.07) is 5.03. The van der Waals surface area contributed by atoms with Crippen LogP contribution in [0.3, 0.4) is 0 Å². The summed E-state index contributed by atoms with van der Waals surface area (Å²) in [6.45, 7) is 1.36. The lowest BCUT2D eigenvalue weighted by Gasteiger charge is -2.18. The third-order valence-corrected chi connectivity index (χ3v) is 5.52. The van der Waals surface area contributed by atoms with Crippen molar-refractivity contribution < 1.29 is 22.7 Å². The minimum absolute atomic E-state index is 0.0103. The highest BCUT2D eigenvalue weighted by molar-refractivity contribution is 7.91. The highest BCUT2D eigenvalue weighted by atomic mass is 32.2. The Morgan fingerprint density at radius 2 is 2.00 bits per heavy atom. The van der Waals surface area contributed by atoms with Gasteiger partial charge in [0.2, 0.25) is 0 Å². The molecule has 0 bridgehead atoms. The van der Waals surface area contributed by atoms with Gasteiger partial charge >= 0.3 is 0 Å². The molecule has 114 valence electrons. The number of carbonyl (C=O) groups excluding carboxylic acids is 1. The molecule has 0 radical (unpaired) electrons. The second kappa shape index (κ2) is 5.55. The van der Waals surface area contributed by atoms with Gasteiger partial charge in [-0.15, -0.1) is 0 Å². The molecule has 2 heterocycles. The van der Waals surface area contributed by atoms with Gasteiger partial charge in [-0.1, -0.05) is 0 Å². The largest absolute Gasteiger partial charge is 0.486 e. The second-order valence-corrected chi connectivity index (χ2v) is 7.57. The van der Waals surface area contributed by atoms with Gasteiger partial charge in [0.25, 0.3) is 5.91 Å². The van der Waals surface area contributed by atoms with Crippen molar-refractivity contribution in [3.05, 3.63) is 23.8 Å². The van der Waals surface area contributed by atoms with E-state index < -0.39 is 9.84 Å². The SMILES string of the molecule is O=C(NC[C@H]1CCS(=O)(=O)C1)c1ccc2c(c1)OCCO2.